The Morgan fingerprint density at radius 2 is 1.97 bits per heavy atom. The summed E-state index contributed by atoms with van der Waals surface area (Å²) in [5, 5.41) is 2.77. The van der Waals surface area contributed by atoms with Gasteiger partial charge in [0.1, 0.15) is 11.6 Å². The Balaban J connectivity index is 1.50. The maximum Gasteiger partial charge on any atom is 0.256 e. The van der Waals surface area contributed by atoms with E-state index in [4.69, 9.17) is 0 Å². The van der Waals surface area contributed by atoms with Gasteiger partial charge in [-0.3, -0.25) is 9.59 Å². The van der Waals surface area contributed by atoms with Crippen LogP contribution in [0.25, 0.3) is 11.6 Å². The molecular formula is C24H28FN3O2. The summed E-state index contributed by atoms with van der Waals surface area (Å²) in [6.45, 7) is 6.93. The summed E-state index contributed by atoms with van der Waals surface area (Å²) in [4.78, 5) is 30.7. The number of halogens is 1. The molecule has 4 rings (SSSR count). The number of aromatic amines is 1. The first-order valence-corrected chi connectivity index (χ1v) is 10.7. The lowest BCUT2D eigenvalue weighted by Crippen LogP contribution is -2.31. The van der Waals surface area contributed by atoms with Gasteiger partial charge in [-0.2, -0.15) is 0 Å². The third-order valence-corrected chi connectivity index (χ3v) is 6.21. The fourth-order valence-electron chi connectivity index (χ4n) is 4.42. The molecule has 158 valence electrons. The molecule has 0 atom stereocenters. The summed E-state index contributed by atoms with van der Waals surface area (Å²) >= 11 is 0. The van der Waals surface area contributed by atoms with E-state index in [1.807, 2.05) is 13.8 Å². The molecule has 0 unspecified atom stereocenters. The van der Waals surface area contributed by atoms with Crippen LogP contribution in [0, 0.1) is 19.7 Å². The molecule has 0 radical (unpaired) electrons. The molecule has 1 aromatic carbocycles. The van der Waals surface area contributed by atoms with E-state index in [0.717, 1.165) is 42.1 Å². The van der Waals surface area contributed by atoms with E-state index in [0.29, 0.717) is 29.7 Å². The Morgan fingerprint density at radius 3 is 2.73 bits per heavy atom. The highest BCUT2D eigenvalue weighted by Gasteiger charge is 2.25. The van der Waals surface area contributed by atoms with E-state index in [1.165, 1.54) is 31.4 Å². The van der Waals surface area contributed by atoms with Crippen LogP contribution >= 0.6 is 0 Å². The van der Waals surface area contributed by atoms with Crippen molar-refractivity contribution in [1.82, 2.24) is 9.88 Å². The van der Waals surface area contributed by atoms with Gasteiger partial charge in [0.05, 0.1) is 5.57 Å². The van der Waals surface area contributed by atoms with E-state index in [2.05, 4.69) is 15.2 Å². The number of carbonyl (C=O) groups excluding carboxylic acids is 2. The van der Waals surface area contributed by atoms with Gasteiger partial charge in [0, 0.05) is 42.0 Å². The number of amides is 1. The van der Waals surface area contributed by atoms with Crippen molar-refractivity contribution in [3.8, 4) is 0 Å². The van der Waals surface area contributed by atoms with Gasteiger partial charge in [0.25, 0.3) is 5.91 Å². The summed E-state index contributed by atoms with van der Waals surface area (Å²) in [5.41, 5.74) is 5.27. The largest absolute Gasteiger partial charge is 0.359 e. The zero-order valence-corrected chi connectivity index (χ0v) is 17.6. The quantitative estimate of drug-likeness (QED) is 0.701. The smallest absolute Gasteiger partial charge is 0.256 e. The highest BCUT2D eigenvalue weighted by Crippen LogP contribution is 2.34. The van der Waals surface area contributed by atoms with Crippen LogP contribution in [0.5, 0.6) is 0 Å². The molecule has 3 heterocycles. The van der Waals surface area contributed by atoms with Crippen LogP contribution in [0.15, 0.2) is 18.2 Å². The Hall–Kier alpha value is -2.73. The molecule has 1 saturated heterocycles. The van der Waals surface area contributed by atoms with Crippen molar-refractivity contribution in [2.24, 2.45) is 0 Å². The minimum atomic E-state index is -0.379. The number of piperidine rings is 1. The zero-order chi connectivity index (χ0) is 21.3. The normalized spacial score (nSPS) is 18.0. The Bertz CT molecular complexity index is 1020. The summed E-state index contributed by atoms with van der Waals surface area (Å²) in [6.07, 6.45) is 6.45. The first kappa shape index (κ1) is 20.5. The first-order chi connectivity index (χ1) is 14.4. The molecule has 1 fully saturated rings. The maximum absolute atomic E-state index is 13.7. The predicted octanol–water partition coefficient (Wildman–Crippen LogP) is 4.25. The third-order valence-electron chi connectivity index (χ3n) is 6.21. The predicted molar refractivity (Wildman–Crippen MR) is 117 cm³/mol. The molecule has 5 nitrogen and oxygen atoms in total. The van der Waals surface area contributed by atoms with Crippen molar-refractivity contribution in [1.29, 1.82) is 0 Å². The maximum atomic E-state index is 13.7. The summed E-state index contributed by atoms with van der Waals surface area (Å²) in [6, 6.07) is 4.28. The molecule has 6 heteroatoms. The number of nitrogens with one attached hydrogen (secondary N) is 2. The van der Waals surface area contributed by atoms with Crippen LogP contribution in [0.4, 0.5) is 10.1 Å². The number of hydrogen-bond donors (Lipinski definition) is 2. The van der Waals surface area contributed by atoms with Crippen LogP contribution in [0.3, 0.4) is 0 Å². The average Bonchev–Trinajstić information content (AvgIpc) is 3.18. The number of fused-ring (bicyclic) bond motifs is 1. The summed E-state index contributed by atoms with van der Waals surface area (Å²) in [7, 11) is 0. The lowest BCUT2D eigenvalue weighted by molar-refractivity contribution is -0.118. The van der Waals surface area contributed by atoms with E-state index in [1.54, 1.807) is 12.1 Å². The number of nitrogens with zero attached hydrogens (tertiary/aromatic N) is 1. The van der Waals surface area contributed by atoms with Crippen LogP contribution in [0.2, 0.25) is 0 Å². The van der Waals surface area contributed by atoms with Gasteiger partial charge in [0.15, 0.2) is 0 Å². The van der Waals surface area contributed by atoms with Crippen molar-refractivity contribution < 1.29 is 14.0 Å². The van der Waals surface area contributed by atoms with Crippen LogP contribution < -0.4 is 5.32 Å². The highest BCUT2D eigenvalue weighted by atomic mass is 19.1. The van der Waals surface area contributed by atoms with Crippen molar-refractivity contribution in [2.45, 2.75) is 46.0 Å². The minimum Gasteiger partial charge on any atom is -0.359 e. The van der Waals surface area contributed by atoms with Gasteiger partial charge in [-0.15, -0.1) is 0 Å². The van der Waals surface area contributed by atoms with Crippen molar-refractivity contribution in [3.63, 3.8) is 0 Å². The number of aryl methyl sites for hydroxylation is 1. The lowest BCUT2D eigenvalue weighted by atomic mass is 10.0. The number of likely N-dealkylation sites (tertiary alicyclic amines) is 1. The number of carbonyl (C=O) groups is 2. The Labute approximate surface area is 176 Å². The van der Waals surface area contributed by atoms with Gasteiger partial charge in [-0.05, 0) is 75.2 Å². The number of benzene rings is 1. The molecule has 1 aromatic heterocycles. The number of Topliss-reactive ketones (excluding diaryl/α,β-unsaturated/α-hetero) is 1. The van der Waals surface area contributed by atoms with E-state index in [-0.39, 0.29) is 17.5 Å². The first-order valence-electron chi connectivity index (χ1n) is 10.7. The van der Waals surface area contributed by atoms with Crippen molar-refractivity contribution in [3.05, 3.63) is 52.1 Å². The van der Waals surface area contributed by atoms with Crippen molar-refractivity contribution in [2.75, 3.05) is 25.0 Å². The SMILES string of the molecule is Cc1[nH]c(/C=C2\C(=O)Nc3ccc(F)cc32)c(C)c1CC(=O)CCN1CCCCC1. The molecule has 0 bridgehead atoms. The molecule has 2 aliphatic rings. The molecule has 0 aliphatic carbocycles. The standard InChI is InChI=1S/C24H28FN3O2/c1-15-19(13-18(29)8-11-28-9-4-3-5-10-28)16(2)26-23(15)14-21-20-12-17(25)6-7-22(20)27-24(21)30/h6-7,12,14,26H,3-5,8-11,13H2,1-2H3,(H,27,30)/b21-14-. The second-order valence-corrected chi connectivity index (χ2v) is 8.34. The Morgan fingerprint density at radius 1 is 1.20 bits per heavy atom. The fourth-order valence-corrected chi connectivity index (χ4v) is 4.42. The monoisotopic (exact) mass is 409 g/mol. The van der Waals surface area contributed by atoms with Crippen LogP contribution in [-0.2, 0) is 16.0 Å². The molecule has 0 spiro atoms. The number of ketones is 1. The molecule has 0 saturated carbocycles. The topological polar surface area (TPSA) is 65.2 Å². The second kappa shape index (κ2) is 8.56. The third kappa shape index (κ3) is 4.24. The second-order valence-electron chi connectivity index (χ2n) is 8.34. The number of anilines is 1. The molecule has 1 amide bonds. The van der Waals surface area contributed by atoms with E-state index >= 15 is 0 Å². The van der Waals surface area contributed by atoms with Gasteiger partial charge in [0.2, 0.25) is 0 Å². The minimum absolute atomic E-state index is 0.232. The average molecular weight is 410 g/mol. The zero-order valence-electron chi connectivity index (χ0n) is 17.6. The van der Waals surface area contributed by atoms with Gasteiger partial charge in [-0.1, -0.05) is 6.42 Å². The number of H-pyrrole nitrogens is 1. The van der Waals surface area contributed by atoms with E-state index in [9.17, 15) is 14.0 Å². The molecule has 2 aromatic rings. The highest BCUT2D eigenvalue weighted by molar-refractivity contribution is 6.34. The molecule has 2 N–H and O–H groups in total. The number of rotatable bonds is 6. The van der Waals surface area contributed by atoms with Crippen LogP contribution in [-0.4, -0.2) is 41.2 Å². The molecule has 30 heavy (non-hydrogen) atoms. The van der Waals surface area contributed by atoms with Gasteiger partial charge >= 0.3 is 0 Å². The van der Waals surface area contributed by atoms with Crippen molar-refractivity contribution >= 4 is 29.0 Å². The number of aromatic nitrogens is 1. The summed E-state index contributed by atoms with van der Waals surface area (Å²) in [5.74, 6) is -0.395. The van der Waals surface area contributed by atoms with E-state index < -0.39 is 0 Å². The lowest BCUT2D eigenvalue weighted by Gasteiger charge is -2.25. The van der Waals surface area contributed by atoms with Crippen LogP contribution in [0.1, 0.15) is 53.8 Å². The summed E-state index contributed by atoms with van der Waals surface area (Å²) < 4.78 is 13.7. The molecular weight excluding hydrogens is 381 g/mol. The molecule has 2 aliphatic heterocycles. The fraction of sp³-hybridized carbons (Fsp3) is 0.417. The van der Waals surface area contributed by atoms with Gasteiger partial charge < -0.3 is 15.2 Å². The van der Waals surface area contributed by atoms with Gasteiger partial charge in [-0.25, -0.2) is 4.39 Å². The Kier molecular flexibility index (Phi) is 5.86. The number of hydrogen-bond acceptors (Lipinski definition) is 3.